The number of likely N-dealkylation sites (N-methyl/N-ethyl adjacent to an activating group) is 1. The fourth-order valence-electron chi connectivity index (χ4n) is 2.79. The molecule has 0 spiro atoms. The van der Waals surface area contributed by atoms with Gasteiger partial charge in [-0.15, -0.1) is 24.0 Å². The maximum Gasteiger partial charge on any atom is 0.408 e. The highest BCUT2D eigenvalue weighted by Gasteiger charge is 2.25. The number of nitrogens with zero attached hydrogens (tertiary/aromatic N) is 3. The van der Waals surface area contributed by atoms with Gasteiger partial charge in [0.1, 0.15) is 5.60 Å². The molecule has 0 aromatic heterocycles. The van der Waals surface area contributed by atoms with Crippen LogP contribution in [0.25, 0.3) is 0 Å². The third-order valence-corrected chi connectivity index (χ3v) is 4.49. The summed E-state index contributed by atoms with van der Waals surface area (Å²) in [6.45, 7) is 17.5. The second-order valence-corrected chi connectivity index (χ2v) is 9.01. The van der Waals surface area contributed by atoms with Crippen LogP contribution in [0.3, 0.4) is 0 Å². The van der Waals surface area contributed by atoms with Gasteiger partial charge >= 0.3 is 6.09 Å². The first-order valence-electron chi connectivity index (χ1n) is 9.80. The van der Waals surface area contributed by atoms with Crippen LogP contribution in [0.2, 0.25) is 0 Å². The minimum absolute atomic E-state index is 0. The Morgan fingerprint density at radius 1 is 1.11 bits per heavy atom. The van der Waals surface area contributed by atoms with Gasteiger partial charge in [-0.25, -0.2) is 4.79 Å². The SMILES string of the molecule is CN=C(NCC(C)N1CCN(C)CC1)NCC(C)(C)NC(=O)OC(C)(C)C.I. The molecule has 1 rings (SSSR count). The molecule has 1 aliphatic heterocycles. The van der Waals surface area contributed by atoms with Crippen LogP contribution >= 0.6 is 24.0 Å². The standard InChI is InChI=1S/C19H40N6O2.HI/c1-15(25-11-9-24(8)10-12-25)13-21-16(20-7)22-14-19(5,6)23-17(26)27-18(2,3)4;/h15H,9-14H2,1-8H3,(H,23,26)(H2,20,21,22);1H. The van der Waals surface area contributed by atoms with Crippen molar-refractivity contribution in [2.24, 2.45) is 4.99 Å². The number of aliphatic imine (C=N–C) groups is 1. The molecule has 0 aliphatic carbocycles. The molecule has 1 aliphatic rings. The number of hydrogen-bond acceptors (Lipinski definition) is 5. The monoisotopic (exact) mass is 512 g/mol. The van der Waals surface area contributed by atoms with E-state index in [4.69, 9.17) is 4.74 Å². The van der Waals surface area contributed by atoms with Gasteiger partial charge in [0.2, 0.25) is 0 Å². The van der Waals surface area contributed by atoms with Gasteiger partial charge in [-0.1, -0.05) is 0 Å². The minimum atomic E-state index is -0.509. The van der Waals surface area contributed by atoms with E-state index in [1.54, 1.807) is 7.05 Å². The number of guanidine groups is 1. The highest BCUT2D eigenvalue weighted by Crippen LogP contribution is 2.09. The summed E-state index contributed by atoms with van der Waals surface area (Å²) in [7, 11) is 3.92. The Labute approximate surface area is 188 Å². The van der Waals surface area contributed by atoms with Crippen molar-refractivity contribution in [2.75, 3.05) is 53.4 Å². The fraction of sp³-hybridized carbons (Fsp3) is 0.895. The van der Waals surface area contributed by atoms with Crippen molar-refractivity contribution in [3.63, 3.8) is 0 Å². The van der Waals surface area contributed by atoms with E-state index in [-0.39, 0.29) is 24.0 Å². The maximum absolute atomic E-state index is 12.0. The lowest BCUT2D eigenvalue weighted by atomic mass is 10.1. The lowest BCUT2D eigenvalue weighted by Crippen LogP contribution is -2.55. The Balaban J connectivity index is 0.00000729. The van der Waals surface area contributed by atoms with Gasteiger partial charge in [-0.05, 0) is 48.6 Å². The molecule has 0 aromatic carbocycles. The molecule has 8 nitrogen and oxygen atoms in total. The molecule has 3 N–H and O–H groups in total. The summed E-state index contributed by atoms with van der Waals surface area (Å²) >= 11 is 0. The van der Waals surface area contributed by atoms with Crippen LogP contribution in [-0.4, -0.2) is 92.4 Å². The first-order valence-corrected chi connectivity index (χ1v) is 9.80. The van der Waals surface area contributed by atoms with Crippen LogP contribution in [0.5, 0.6) is 0 Å². The van der Waals surface area contributed by atoms with Crippen molar-refractivity contribution in [3.05, 3.63) is 0 Å². The zero-order chi connectivity index (χ0) is 20.7. The smallest absolute Gasteiger partial charge is 0.408 e. The Hall–Kier alpha value is -0.810. The second kappa shape index (κ2) is 12.0. The van der Waals surface area contributed by atoms with Gasteiger partial charge in [0, 0.05) is 52.4 Å². The number of alkyl carbamates (subject to hydrolysis) is 1. The summed E-state index contributed by atoms with van der Waals surface area (Å²) in [6, 6.07) is 0.435. The quantitative estimate of drug-likeness (QED) is 0.286. The van der Waals surface area contributed by atoms with E-state index in [1.807, 2.05) is 34.6 Å². The Morgan fingerprint density at radius 2 is 1.68 bits per heavy atom. The molecule has 9 heteroatoms. The van der Waals surface area contributed by atoms with Gasteiger partial charge < -0.3 is 25.6 Å². The molecule has 1 amide bonds. The molecular weight excluding hydrogens is 471 g/mol. The van der Waals surface area contributed by atoms with Gasteiger partial charge in [0.25, 0.3) is 0 Å². The van der Waals surface area contributed by atoms with E-state index in [9.17, 15) is 4.79 Å². The number of piperazine rings is 1. The molecule has 28 heavy (non-hydrogen) atoms. The average Bonchev–Trinajstić information content (AvgIpc) is 2.52. The number of ether oxygens (including phenoxy) is 1. The predicted octanol–water partition coefficient (Wildman–Crippen LogP) is 1.71. The lowest BCUT2D eigenvalue weighted by molar-refractivity contribution is 0.0474. The first kappa shape index (κ1) is 27.2. The van der Waals surface area contributed by atoms with Gasteiger partial charge in [-0.2, -0.15) is 0 Å². The normalized spacial score (nSPS) is 18.1. The molecule has 0 saturated carbocycles. The van der Waals surface area contributed by atoms with Crippen molar-refractivity contribution in [1.82, 2.24) is 25.8 Å². The van der Waals surface area contributed by atoms with Crippen molar-refractivity contribution in [2.45, 2.75) is 58.7 Å². The fourth-order valence-corrected chi connectivity index (χ4v) is 2.79. The second-order valence-electron chi connectivity index (χ2n) is 9.01. The molecule has 1 saturated heterocycles. The zero-order valence-electron chi connectivity index (χ0n) is 18.9. The molecular formula is C19H41IN6O2. The van der Waals surface area contributed by atoms with E-state index in [0.717, 1.165) is 38.7 Å². The highest BCUT2D eigenvalue weighted by atomic mass is 127. The van der Waals surface area contributed by atoms with Crippen LogP contribution in [0, 0.1) is 0 Å². The summed E-state index contributed by atoms with van der Waals surface area (Å²) in [5.41, 5.74) is -0.979. The molecule has 1 heterocycles. The number of rotatable bonds is 6. The number of halogens is 1. The Morgan fingerprint density at radius 3 is 2.18 bits per heavy atom. The van der Waals surface area contributed by atoms with Crippen molar-refractivity contribution >= 4 is 36.0 Å². The predicted molar refractivity (Wildman–Crippen MR) is 127 cm³/mol. The van der Waals surface area contributed by atoms with Crippen LogP contribution in [0.1, 0.15) is 41.5 Å². The molecule has 1 unspecified atom stereocenters. The summed E-state index contributed by atoms with van der Waals surface area (Å²) < 4.78 is 5.33. The number of carbonyl (C=O) groups is 1. The summed E-state index contributed by atoms with van der Waals surface area (Å²) in [5, 5.41) is 9.56. The third-order valence-electron chi connectivity index (χ3n) is 4.49. The van der Waals surface area contributed by atoms with Gasteiger partial charge in [0.05, 0.1) is 5.54 Å². The molecule has 0 radical (unpaired) electrons. The maximum atomic E-state index is 12.0. The van der Waals surface area contributed by atoms with E-state index in [2.05, 4.69) is 44.7 Å². The lowest BCUT2D eigenvalue weighted by Gasteiger charge is -2.36. The molecule has 166 valence electrons. The molecule has 1 fully saturated rings. The summed E-state index contributed by atoms with van der Waals surface area (Å²) in [4.78, 5) is 21.1. The third kappa shape index (κ3) is 11.3. The van der Waals surface area contributed by atoms with Crippen molar-refractivity contribution < 1.29 is 9.53 Å². The molecule has 0 aromatic rings. The molecule has 1 atom stereocenters. The van der Waals surface area contributed by atoms with Crippen LogP contribution in [0.4, 0.5) is 4.79 Å². The van der Waals surface area contributed by atoms with Crippen molar-refractivity contribution in [1.29, 1.82) is 0 Å². The largest absolute Gasteiger partial charge is 0.444 e. The highest BCUT2D eigenvalue weighted by molar-refractivity contribution is 14.0. The zero-order valence-corrected chi connectivity index (χ0v) is 21.2. The van der Waals surface area contributed by atoms with Gasteiger partial charge in [-0.3, -0.25) is 9.89 Å². The van der Waals surface area contributed by atoms with Crippen LogP contribution < -0.4 is 16.0 Å². The molecule has 0 bridgehead atoms. The number of hydrogen-bond donors (Lipinski definition) is 3. The minimum Gasteiger partial charge on any atom is -0.444 e. The van der Waals surface area contributed by atoms with E-state index in [1.165, 1.54) is 0 Å². The van der Waals surface area contributed by atoms with E-state index >= 15 is 0 Å². The summed E-state index contributed by atoms with van der Waals surface area (Å²) in [6.07, 6.45) is -0.416. The van der Waals surface area contributed by atoms with Crippen molar-refractivity contribution in [3.8, 4) is 0 Å². The Kier molecular flexibility index (Phi) is 11.7. The number of amides is 1. The number of carbonyl (C=O) groups excluding carboxylic acids is 1. The first-order chi connectivity index (χ1) is 12.4. The van der Waals surface area contributed by atoms with Crippen LogP contribution in [-0.2, 0) is 4.74 Å². The van der Waals surface area contributed by atoms with E-state index in [0.29, 0.717) is 12.6 Å². The van der Waals surface area contributed by atoms with E-state index < -0.39 is 17.2 Å². The summed E-state index contributed by atoms with van der Waals surface area (Å²) in [5.74, 6) is 0.732. The van der Waals surface area contributed by atoms with Gasteiger partial charge in [0.15, 0.2) is 5.96 Å². The topological polar surface area (TPSA) is 81.2 Å². The number of nitrogens with one attached hydrogen (secondary N) is 3. The average molecular weight is 512 g/mol. The van der Waals surface area contributed by atoms with Crippen LogP contribution in [0.15, 0.2) is 4.99 Å². The Bertz CT molecular complexity index is 499.